The van der Waals surface area contributed by atoms with Crippen LogP contribution in [0.5, 0.6) is 0 Å². The molecule has 3 aromatic rings. The van der Waals surface area contributed by atoms with E-state index in [1.807, 2.05) is 26.5 Å². The Morgan fingerprint density at radius 3 is 2.39 bits per heavy atom. The molecule has 38 heavy (non-hydrogen) atoms. The van der Waals surface area contributed by atoms with Gasteiger partial charge in [0.2, 0.25) is 0 Å². The number of hydrogen-bond acceptors (Lipinski definition) is 9. The molecular weight excluding hydrogens is 496 g/mol. The molecule has 0 radical (unpaired) electrons. The largest absolute Gasteiger partial charge is 0.355 e. The van der Waals surface area contributed by atoms with E-state index in [1.54, 1.807) is 22.4 Å². The van der Waals surface area contributed by atoms with Crippen molar-refractivity contribution in [3.05, 3.63) is 35.1 Å². The lowest BCUT2D eigenvalue weighted by atomic mass is 9.94. The molecule has 9 nitrogen and oxygen atoms in total. The van der Waals surface area contributed by atoms with E-state index in [4.69, 9.17) is 4.98 Å². The minimum absolute atomic E-state index is 0.0843. The minimum Gasteiger partial charge on any atom is -0.355 e. The van der Waals surface area contributed by atoms with Gasteiger partial charge in [0.25, 0.3) is 5.91 Å². The smallest absolute Gasteiger partial charge is 0.263 e. The normalized spacial score (nSPS) is 19.8. The number of thiophene rings is 1. The van der Waals surface area contributed by atoms with Crippen LogP contribution in [0.4, 0.5) is 17.5 Å². The van der Waals surface area contributed by atoms with Crippen molar-refractivity contribution in [1.29, 1.82) is 0 Å². The maximum atomic E-state index is 13.0. The van der Waals surface area contributed by atoms with Gasteiger partial charge in [0, 0.05) is 71.0 Å². The van der Waals surface area contributed by atoms with Gasteiger partial charge in [0.15, 0.2) is 0 Å². The van der Waals surface area contributed by atoms with E-state index < -0.39 is 0 Å². The predicted octanol–water partition coefficient (Wildman–Crippen LogP) is 4.06. The highest BCUT2D eigenvalue weighted by Crippen LogP contribution is 2.44. The molecule has 6 rings (SSSR count). The molecule has 10 heteroatoms. The standard InChI is InChI=1S/C28H38N8OS/c1-34(2)28(37)27-26(19-5-3-4-6-19)21-15-23(30-16-22(21)38-27)33-24-17-32-25(18-31-24)36-11-7-20(8-12-36)35-13-9-29-10-14-35/h15-20,29H,3-14H2,1-2H3,(H,30,31,33). The molecule has 202 valence electrons. The molecule has 2 saturated heterocycles. The van der Waals surface area contributed by atoms with Gasteiger partial charge in [0.1, 0.15) is 17.5 Å². The fourth-order valence-electron chi connectivity index (χ4n) is 6.26. The fourth-order valence-corrected chi connectivity index (χ4v) is 7.52. The molecule has 2 aliphatic heterocycles. The van der Waals surface area contributed by atoms with Gasteiger partial charge in [-0.25, -0.2) is 15.0 Å². The molecule has 3 aliphatic rings. The summed E-state index contributed by atoms with van der Waals surface area (Å²) < 4.78 is 1.06. The zero-order valence-electron chi connectivity index (χ0n) is 22.4. The first-order chi connectivity index (χ1) is 18.6. The number of amides is 1. The zero-order chi connectivity index (χ0) is 26.1. The van der Waals surface area contributed by atoms with Crippen molar-refractivity contribution in [2.45, 2.75) is 50.5 Å². The van der Waals surface area contributed by atoms with Gasteiger partial charge in [-0.15, -0.1) is 11.3 Å². The van der Waals surface area contributed by atoms with E-state index in [0.29, 0.717) is 17.8 Å². The first-order valence-electron chi connectivity index (χ1n) is 14.0. The lowest BCUT2D eigenvalue weighted by molar-refractivity contribution is 0.0831. The Hall–Kier alpha value is -2.82. The number of aromatic nitrogens is 3. The van der Waals surface area contributed by atoms with E-state index in [0.717, 1.165) is 78.7 Å². The Kier molecular flexibility index (Phi) is 7.45. The van der Waals surface area contributed by atoms with Crippen molar-refractivity contribution in [2.24, 2.45) is 0 Å². The van der Waals surface area contributed by atoms with Gasteiger partial charge < -0.3 is 20.4 Å². The third kappa shape index (κ3) is 5.21. The predicted molar refractivity (Wildman–Crippen MR) is 154 cm³/mol. The van der Waals surface area contributed by atoms with Crippen LogP contribution in [-0.2, 0) is 0 Å². The average Bonchev–Trinajstić information content (AvgIpc) is 3.61. The van der Waals surface area contributed by atoms with Crippen molar-refractivity contribution in [2.75, 3.05) is 63.6 Å². The molecule has 0 atom stereocenters. The molecule has 1 aliphatic carbocycles. The van der Waals surface area contributed by atoms with Crippen LogP contribution in [0, 0.1) is 0 Å². The molecule has 5 heterocycles. The second kappa shape index (κ2) is 11.1. The van der Waals surface area contributed by atoms with Gasteiger partial charge in [0.05, 0.1) is 22.0 Å². The zero-order valence-corrected chi connectivity index (χ0v) is 23.3. The number of nitrogens with one attached hydrogen (secondary N) is 2. The van der Waals surface area contributed by atoms with Crippen LogP contribution in [-0.4, -0.2) is 90.1 Å². The number of fused-ring (bicyclic) bond motifs is 1. The molecule has 0 spiro atoms. The quantitative estimate of drug-likeness (QED) is 0.489. The summed E-state index contributed by atoms with van der Waals surface area (Å²) in [6, 6.07) is 2.77. The molecule has 0 bridgehead atoms. The van der Waals surface area contributed by atoms with Crippen molar-refractivity contribution in [3.8, 4) is 0 Å². The number of carbonyl (C=O) groups excluding carboxylic acids is 1. The molecule has 1 amide bonds. The van der Waals surface area contributed by atoms with Crippen LogP contribution in [0.2, 0.25) is 0 Å². The summed E-state index contributed by atoms with van der Waals surface area (Å²) >= 11 is 1.57. The average molecular weight is 535 g/mol. The number of rotatable bonds is 6. The van der Waals surface area contributed by atoms with Crippen LogP contribution in [0.25, 0.3) is 10.1 Å². The fraction of sp³-hybridized carbons (Fsp3) is 0.571. The number of anilines is 3. The Morgan fingerprint density at radius 2 is 1.71 bits per heavy atom. The highest BCUT2D eigenvalue weighted by atomic mass is 32.1. The number of carbonyl (C=O) groups is 1. The topological polar surface area (TPSA) is 89.5 Å². The molecule has 3 aromatic heterocycles. The van der Waals surface area contributed by atoms with Gasteiger partial charge in [-0.05, 0) is 43.2 Å². The summed E-state index contributed by atoms with van der Waals surface area (Å²) in [5.41, 5.74) is 1.21. The third-order valence-electron chi connectivity index (χ3n) is 8.33. The summed E-state index contributed by atoms with van der Waals surface area (Å²) in [5.74, 6) is 2.87. The number of nitrogens with zero attached hydrogens (tertiary/aromatic N) is 6. The first-order valence-corrected chi connectivity index (χ1v) is 14.8. The SMILES string of the molecule is CN(C)C(=O)c1sc2cnc(Nc3cnc(N4CCC(N5CCNCC5)CC4)cn3)cc2c1C1CCCC1. The maximum absolute atomic E-state index is 13.0. The Labute approximate surface area is 228 Å². The van der Waals surface area contributed by atoms with E-state index in [-0.39, 0.29) is 5.91 Å². The van der Waals surface area contributed by atoms with Gasteiger partial charge in [-0.2, -0.15) is 0 Å². The van der Waals surface area contributed by atoms with Crippen LogP contribution in [0.3, 0.4) is 0 Å². The molecule has 2 N–H and O–H groups in total. The molecular formula is C28H38N8OS. The Balaban J connectivity index is 1.16. The molecule has 3 fully saturated rings. The summed E-state index contributed by atoms with van der Waals surface area (Å²) in [6.07, 6.45) is 12.6. The van der Waals surface area contributed by atoms with E-state index in [2.05, 4.69) is 36.5 Å². The second-order valence-corrected chi connectivity index (χ2v) is 12.0. The summed E-state index contributed by atoms with van der Waals surface area (Å²) in [6.45, 7) is 6.56. The van der Waals surface area contributed by atoms with Crippen LogP contribution >= 0.6 is 11.3 Å². The highest BCUT2D eigenvalue weighted by molar-refractivity contribution is 7.21. The first kappa shape index (κ1) is 25.5. The summed E-state index contributed by atoms with van der Waals surface area (Å²) in [4.78, 5) is 34.6. The highest BCUT2D eigenvalue weighted by Gasteiger charge is 2.29. The van der Waals surface area contributed by atoms with Crippen molar-refractivity contribution in [1.82, 2.24) is 30.1 Å². The van der Waals surface area contributed by atoms with E-state index in [1.165, 1.54) is 31.2 Å². The summed E-state index contributed by atoms with van der Waals surface area (Å²) in [7, 11) is 3.65. The van der Waals surface area contributed by atoms with Gasteiger partial charge >= 0.3 is 0 Å². The van der Waals surface area contributed by atoms with E-state index >= 15 is 0 Å². The number of piperidine rings is 1. The van der Waals surface area contributed by atoms with Gasteiger partial charge in [-0.1, -0.05) is 12.8 Å². The molecule has 0 aromatic carbocycles. The second-order valence-electron chi connectivity index (χ2n) is 11.0. The Bertz CT molecular complexity index is 1260. The number of piperazine rings is 1. The van der Waals surface area contributed by atoms with Crippen molar-refractivity contribution >= 4 is 44.8 Å². The van der Waals surface area contributed by atoms with Gasteiger partial charge in [-0.3, -0.25) is 9.69 Å². The van der Waals surface area contributed by atoms with Crippen LogP contribution in [0.15, 0.2) is 24.7 Å². The third-order valence-corrected chi connectivity index (χ3v) is 9.47. The van der Waals surface area contributed by atoms with Crippen LogP contribution < -0.4 is 15.5 Å². The van der Waals surface area contributed by atoms with E-state index in [9.17, 15) is 4.79 Å². The maximum Gasteiger partial charge on any atom is 0.263 e. The number of pyridine rings is 1. The monoisotopic (exact) mass is 534 g/mol. The minimum atomic E-state index is 0.0843. The molecule has 1 saturated carbocycles. The summed E-state index contributed by atoms with van der Waals surface area (Å²) in [5, 5.41) is 7.94. The lowest BCUT2D eigenvalue weighted by Crippen LogP contribution is -2.52. The number of hydrogen-bond donors (Lipinski definition) is 2. The van der Waals surface area contributed by atoms with Crippen molar-refractivity contribution < 1.29 is 4.79 Å². The Morgan fingerprint density at radius 1 is 0.974 bits per heavy atom. The molecule has 0 unspecified atom stereocenters. The van der Waals surface area contributed by atoms with Crippen LogP contribution in [0.1, 0.15) is 59.7 Å². The van der Waals surface area contributed by atoms with Crippen molar-refractivity contribution in [3.63, 3.8) is 0 Å². The lowest BCUT2D eigenvalue weighted by Gasteiger charge is -2.40.